The van der Waals surface area contributed by atoms with Gasteiger partial charge in [-0.25, -0.2) is 0 Å². The predicted molar refractivity (Wildman–Crippen MR) is 104 cm³/mol. The SMILES string of the molecule is CCCCCC(O)C=CC1C(O)C[C@]2(C)CC(=CCCCC(=O)O)CC12. The Morgan fingerprint density at radius 3 is 2.81 bits per heavy atom. The Morgan fingerprint density at radius 2 is 2.12 bits per heavy atom. The van der Waals surface area contributed by atoms with Crippen LogP contribution in [0.25, 0.3) is 0 Å². The third-order valence-electron chi connectivity index (χ3n) is 6.28. The number of rotatable bonds is 10. The van der Waals surface area contributed by atoms with E-state index in [4.69, 9.17) is 5.11 Å². The van der Waals surface area contributed by atoms with Crippen molar-refractivity contribution in [3.8, 4) is 0 Å². The summed E-state index contributed by atoms with van der Waals surface area (Å²) in [7, 11) is 0. The first-order chi connectivity index (χ1) is 12.4. The van der Waals surface area contributed by atoms with E-state index in [0.717, 1.165) is 51.4 Å². The minimum atomic E-state index is -0.732. The van der Waals surface area contributed by atoms with Crippen LogP contribution in [0, 0.1) is 17.3 Å². The lowest BCUT2D eigenvalue weighted by Crippen LogP contribution is -2.19. The van der Waals surface area contributed by atoms with Crippen LogP contribution in [0.5, 0.6) is 0 Å². The van der Waals surface area contributed by atoms with E-state index in [-0.39, 0.29) is 23.9 Å². The van der Waals surface area contributed by atoms with Crippen LogP contribution >= 0.6 is 0 Å². The molecule has 0 bridgehead atoms. The Balaban J connectivity index is 1.91. The summed E-state index contributed by atoms with van der Waals surface area (Å²) >= 11 is 0. The molecule has 4 unspecified atom stereocenters. The van der Waals surface area contributed by atoms with Gasteiger partial charge in [0.2, 0.25) is 0 Å². The third kappa shape index (κ3) is 5.68. The molecule has 2 saturated carbocycles. The Bertz CT molecular complexity index is 524. The largest absolute Gasteiger partial charge is 0.481 e. The van der Waals surface area contributed by atoms with Crippen molar-refractivity contribution in [2.75, 3.05) is 0 Å². The van der Waals surface area contributed by atoms with Crippen molar-refractivity contribution in [3.05, 3.63) is 23.8 Å². The molecule has 0 aliphatic heterocycles. The van der Waals surface area contributed by atoms with Crippen LogP contribution in [0.2, 0.25) is 0 Å². The fraction of sp³-hybridized carbons (Fsp3) is 0.773. The number of allylic oxidation sites excluding steroid dienone is 2. The molecule has 2 fully saturated rings. The van der Waals surface area contributed by atoms with E-state index in [9.17, 15) is 15.0 Å². The van der Waals surface area contributed by atoms with Crippen molar-refractivity contribution in [3.63, 3.8) is 0 Å². The maximum atomic E-state index is 10.6. The zero-order valence-corrected chi connectivity index (χ0v) is 16.4. The van der Waals surface area contributed by atoms with Gasteiger partial charge < -0.3 is 15.3 Å². The number of carboxylic acids is 1. The molecule has 4 heteroatoms. The molecule has 26 heavy (non-hydrogen) atoms. The lowest BCUT2D eigenvalue weighted by atomic mass is 9.80. The molecule has 4 nitrogen and oxygen atoms in total. The number of aliphatic carboxylic acids is 1. The molecular weight excluding hydrogens is 328 g/mol. The lowest BCUT2D eigenvalue weighted by molar-refractivity contribution is -0.137. The van der Waals surface area contributed by atoms with Crippen molar-refractivity contribution in [2.45, 2.75) is 90.3 Å². The number of carboxylic acid groups (broad SMARTS) is 1. The van der Waals surface area contributed by atoms with Crippen LogP contribution in [0.1, 0.15) is 78.1 Å². The fourth-order valence-electron chi connectivity index (χ4n) is 4.89. The predicted octanol–water partition coefficient (Wildman–Crippen LogP) is 4.46. The number of unbranched alkanes of at least 4 members (excludes halogenated alkanes) is 3. The van der Waals surface area contributed by atoms with E-state index >= 15 is 0 Å². The number of fused-ring (bicyclic) bond motifs is 1. The maximum absolute atomic E-state index is 10.6. The highest BCUT2D eigenvalue weighted by Gasteiger charge is 2.52. The van der Waals surface area contributed by atoms with E-state index in [1.165, 1.54) is 5.57 Å². The second-order valence-corrected chi connectivity index (χ2v) is 8.59. The summed E-state index contributed by atoms with van der Waals surface area (Å²) in [6.45, 7) is 4.43. The summed E-state index contributed by atoms with van der Waals surface area (Å²) in [6.07, 6.45) is 14.1. The fourth-order valence-corrected chi connectivity index (χ4v) is 4.89. The quantitative estimate of drug-likeness (QED) is 0.395. The summed E-state index contributed by atoms with van der Waals surface area (Å²) in [5, 5.41) is 29.4. The summed E-state index contributed by atoms with van der Waals surface area (Å²) in [5.41, 5.74) is 1.54. The van der Waals surface area contributed by atoms with E-state index in [2.05, 4.69) is 26.0 Å². The molecule has 0 aromatic rings. The number of aliphatic hydroxyl groups excluding tert-OH is 2. The molecule has 0 aromatic heterocycles. The summed E-state index contributed by atoms with van der Waals surface area (Å²) < 4.78 is 0. The molecule has 0 saturated heterocycles. The van der Waals surface area contributed by atoms with Gasteiger partial charge in [0.1, 0.15) is 0 Å². The number of hydrogen-bond acceptors (Lipinski definition) is 3. The van der Waals surface area contributed by atoms with Crippen LogP contribution in [-0.2, 0) is 4.79 Å². The van der Waals surface area contributed by atoms with Crippen molar-refractivity contribution >= 4 is 5.97 Å². The topological polar surface area (TPSA) is 77.8 Å². The van der Waals surface area contributed by atoms with E-state index in [0.29, 0.717) is 12.3 Å². The summed E-state index contributed by atoms with van der Waals surface area (Å²) in [5.74, 6) is -0.197. The van der Waals surface area contributed by atoms with Crippen LogP contribution in [0.15, 0.2) is 23.8 Å². The highest BCUT2D eigenvalue weighted by atomic mass is 16.4. The molecule has 0 radical (unpaired) electrons. The van der Waals surface area contributed by atoms with Gasteiger partial charge in [-0.1, -0.05) is 56.9 Å². The number of carbonyl (C=O) groups is 1. The van der Waals surface area contributed by atoms with Gasteiger partial charge in [0, 0.05) is 12.3 Å². The monoisotopic (exact) mass is 364 g/mol. The van der Waals surface area contributed by atoms with Gasteiger partial charge in [-0.2, -0.15) is 0 Å². The standard InChI is InChI=1S/C22H36O4/c1-3-4-5-9-17(23)11-12-18-19-13-16(8-6-7-10-21(25)26)14-22(19,2)15-20(18)24/h8,11-12,17-20,23-24H,3-7,9-10,13-15H2,1-2H3,(H,25,26)/t17?,18?,19?,20?,22-/m0/s1. The normalized spacial score (nSPS) is 33.8. The first-order valence-electron chi connectivity index (χ1n) is 10.3. The van der Waals surface area contributed by atoms with Gasteiger partial charge in [0.15, 0.2) is 0 Å². The van der Waals surface area contributed by atoms with Gasteiger partial charge in [-0.15, -0.1) is 0 Å². The Labute approximate surface area is 158 Å². The molecule has 2 aliphatic carbocycles. The Hall–Kier alpha value is -1.13. The van der Waals surface area contributed by atoms with Gasteiger partial charge in [-0.05, 0) is 49.9 Å². The van der Waals surface area contributed by atoms with Crippen molar-refractivity contribution in [1.82, 2.24) is 0 Å². The van der Waals surface area contributed by atoms with Crippen molar-refractivity contribution in [1.29, 1.82) is 0 Å². The molecule has 3 N–H and O–H groups in total. The van der Waals surface area contributed by atoms with Gasteiger partial charge in [0.05, 0.1) is 12.2 Å². The van der Waals surface area contributed by atoms with Crippen LogP contribution in [0.4, 0.5) is 0 Å². The van der Waals surface area contributed by atoms with Crippen LogP contribution < -0.4 is 0 Å². The third-order valence-corrected chi connectivity index (χ3v) is 6.28. The molecule has 148 valence electrons. The van der Waals surface area contributed by atoms with Gasteiger partial charge in [-0.3, -0.25) is 4.79 Å². The molecule has 0 aromatic carbocycles. The summed E-state index contributed by atoms with van der Waals surface area (Å²) in [6, 6.07) is 0. The minimum Gasteiger partial charge on any atom is -0.481 e. The summed E-state index contributed by atoms with van der Waals surface area (Å²) in [4.78, 5) is 10.6. The smallest absolute Gasteiger partial charge is 0.303 e. The van der Waals surface area contributed by atoms with Gasteiger partial charge in [0.25, 0.3) is 0 Å². The zero-order chi connectivity index (χ0) is 19.2. The first-order valence-corrected chi connectivity index (χ1v) is 10.3. The molecule has 2 rings (SSSR count). The Kier molecular flexibility index (Phi) is 7.90. The molecule has 2 aliphatic rings. The maximum Gasteiger partial charge on any atom is 0.303 e. The van der Waals surface area contributed by atoms with Crippen molar-refractivity contribution < 1.29 is 20.1 Å². The second kappa shape index (κ2) is 9.70. The Morgan fingerprint density at radius 1 is 1.35 bits per heavy atom. The molecule has 0 amide bonds. The van der Waals surface area contributed by atoms with Crippen molar-refractivity contribution in [2.24, 2.45) is 17.3 Å². The van der Waals surface area contributed by atoms with E-state index in [1.807, 2.05) is 6.08 Å². The zero-order valence-electron chi connectivity index (χ0n) is 16.4. The molecular formula is C22H36O4. The highest BCUT2D eigenvalue weighted by molar-refractivity contribution is 5.66. The van der Waals surface area contributed by atoms with Crippen LogP contribution in [-0.4, -0.2) is 33.5 Å². The van der Waals surface area contributed by atoms with Gasteiger partial charge >= 0.3 is 5.97 Å². The average molecular weight is 365 g/mol. The minimum absolute atomic E-state index is 0.116. The molecule has 0 heterocycles. The highest BCUT2D eigenvalue weighted by Crippen LogP contribution is 2.58. The van der Waals surface area contributed by atoms with E-state index < -0.39 is 12.1 Å². The number of hydrogen-bond donors (Lipinski definition) is 3. The second-order valence-electron chi connectivity index (χ2n) is 8.59. The first kappa shape index (κ1) is 21.2. The number of aliphatic hydroxyl groups is 2. The molecule has 5 atom stereocenters. The van der Waals surface area contributed by atoms with Crippen LogP contribution in [0.3, 0.4) is 0 Å². The van der Waals surface area contributed by atoms with E-state index in [1.54, 1.807) is 0 Å². The lowest BCUT2D eigenvalue weighted by Gasteiger charge is -2.24. The molecule has 0 spiro atoms. The average Bonchev–Trinajstić information content (AvgIpc) is 2.99.